The van der Waals surface area contributed by atoms with Crippen LogP contribution in [0.15, 0.2) is 103 Å². The number of halogens is 7. The molecule has 0 spiro atoms. The number of piperidine rings is 3. The van der Waals surface area contributed by atoms with Crippen LogP contribution < -0.4 is 26.6 Å². The van der Waals surface area contributed by atoms with Crippen LogP contribution >= 0.6 is 34.8 Å². The van der Waals surface area contributed by atoms with Crippen molar-refractivity contribution in [1.82, 2.24) is 51.2 Å². The minimum Gasteiger partial charge on any atom is -0.345 e. The topological polar surface area (TPSA) is 188 Å². The first-order valence-corrected chi connectivity index (χ1v) is 47.2. The molecule has 122 heavy (non-hydrogen) atoms. The van der Waals surface area contributed by atoms with E-state index in [1.165, 1.54) is 95.0 Å². The number of aryl methyl sites for hydroxylation is 3. The van der Waals surface area contributed by atoms with Crippen molar-refractivity contribution in [2.75, 3.05) is 65.4 Å². The summed E-state index contributed by atoms with van der Waals surface area (Å²) < 4.78 is 55.4. The van der Waals surface area contributed by atoms with Crippen LogP contribution in [-0.4, -0.2) is 179 Å². The Morgan fingerprint density at radius 2 is 0.844 bits per heavy atom. The number of nitrogens with one attached hydrogen (secondary N) is 5. The number of benzene rings is 4. The Balaban J connectivity index is 0.000000180. The molecule has 5 aromatic rings. The number of fused-ring (bicyclic) bond motifs is 3. The summed E-state index contributed by atoms with van der Waals surface area (Å²) in [5.41, 5.74) is 10.3. The summed E-state index contributed by atoms with van der Waals surface area (Å²) in [7, 11) is 0. The van der Waals surface area contributed by atoms with Crippen LogP contribution in [-0.2, 0) is 80.1 Å². The Hall–Kier alpha value is -6.98. The van der Waals surface area contributed by atoms with Crippen molar-refractivity contribution in [2.45, 2.75) is 307 Å². The van der Waals surface area contributed by atoms with Crippen molar-refractivity contribution in [3.05, 3.63) is 188 Å². The number of amides is 3. The number of rotatable bonds is 42. The summed E-state index contributed by atoms with van der Waals surface area (Å²) in [6.07, 6.45) is 39.0. The molecule has 5 heterocycles. The largest absolute Gasteiger partial charge is 0.345 e. The lowest BCUT2D eigenvalue weighted by Crippen LogP contribution is -2.60. The maximum Gasteiger partial charge on any atom is 0.240 e. The van der Waals surface area contributed by atoms with Crippen LogP contribution in [0.1, 0.15) is 262 Å². The molecule has 4 aliphatic heterocycles. The number of Topliss-reactive ketones (excluding diaryl/α,β-unsaturated/α-hetero) is 3. The van der Waals surface area contributed by atoms with Crippen LogP contribution in [0.5, 0.6) is 0 Å². The van der Waals surface area contributed by atoms with Gasteiger partial charge in [-0.05, 0) is 293 Å². The van der Waals surface area contributed by atoms with Gasteiger partial charge >= 0.3 is 0 Å². The molecule has 5 N–H and O–H groups in total. The highest BCUT2D eigenvalue weighted by Crippen LogP contribution is 2.35. The van der Waals surface area contributed by atoms with Crippen LogP contribution in [0.3, 0.4) is 0 Å². The molecular weight excluding hydrogens is 1610 g/mol. The van der Waals surface area contributed by atoms with Gasteiger partial charge in [0.1, 0.15) is 0 Å². The van der Waals surface area contributed by atoms with E-state index < -0.39 is 47.4 Å². The summed E-state index contributed by atoms with van der Waals surface area (Å²) in [5, 5.41) is 18.7. The van der Waals surface area contributed by atoms with E-state index in [0.29, 0.717) is 67.6 Å². The van der Waals surface area contributed by atoms with Gasteiger partial charge in [0, 0.05) is 77.2 Å². The molecule has 4 saturated heterocycles. The molecule has 4 aliphatic carbocycles. The third-order valence-electron chi connectivity index (χ3n) is 25.6. The van der Waals surface area contributed by atoms with E-state index in [2.05, 4.69) is 78.3 Å². The number of pyridine rings is 1. The van der Waals surface area contributed by atoms with E-state index in [9.17, 15) is 46.3 Å². The first-order chi connectivity index (χ1) is 59.0. The third kappa shape index (κ3) is 29.8. The Morgan fingerprint density at radius 1 is 0.426 bits per heavy atom. The quantitative estimate of drug-likeness (QED) is 0.0184. The summed E-state index contributed by atoms with van der Waals surface area (Å²) in [4.78, 5) is 95.0. The number of hydrogen-bond donors (Lipinski definition) is 5. The van der Waals surface area contributed by atoms with Gasteiger partial charge in [-0.3, -0.25) is 33.8 Å². The first kappa shape index (κ1) is 95.7. The number of carbonyl (C=O) groups excluding carboxylic acids is 6. The lowest BCUT2D eigenvalue weighted by molar-refractivity contribution is -0.148. The number of unbranched alkanes of at least 4 members (excludes halogenated alkanes) is 3. The Kier molecular flexibility index (Phi) is 38.6. The fourth-order valence-electron chi connectivity index (χ4n) is 18.5. The maximum absolute atomic E-state index is 14.1. The second-order valence-corrected chi connectivity index (χ2v) is 37.1. The normalized spacial score (nSPS) is 18.6. The van der Waals surface area contributed by atoms with Crippen LogP contribution in [0.25, 0.3) is 15.1 Å². The van der Waals surface area contributed by atoms with Gasteiger partial charge in [-0.1, -0.05) is 175 Å². The van der Waals surface area contributed by atoms with Gasteiger partial charge in [-0.2, -0.15) is 0 Å². The number of allylic oxidation sites excluding steroid dienone is 3. The zero-order chi connectivity index (χ0) is 86.4. The van der Waals surface area contributed by atoms with Crippen molar-refractivity contribution in [1.29, 1.82) is 0 Å². The van der Waals surface area contributed by atoms with Gasteiger partial charge in [-0.15, -0.1) is 0 Å². The molecule has 16 nitrogen and oxygen atoms in total. The number of hydrogen-bond acceptors (Lipinski definition) is 13. The van der Waals surface area contributed by atoms with E-state index in [4.69, 9.17) is 34.8 Å². The van der Waals surface area contributed by atoms with Crippen molar-refractivity contribution < 1.29 is 46.3 Å². The maximum atomic E-state index is 14.1. The highest BCUT2D eigenvalue weighted by Gasteiger charge is 2.40. The van der Waals surface area contributed by atoms with Crippen LogP contribution in [0.4, 0.5) is 17.6 Å². The van der Waals surface area contributed by atoms with Gasteiger partial charge < -0.3 is 46.2 Å². The summed E-state index contributed by atoms with van der Waals surface area (Å²) in [6.45, 7) is 19.1. The predicted octanol–water partition coefficient (Wildman–Crippen LogP) is 18.0. The molecular formula is C99H133Cl3F4N10O6. The van der Waals surface area contributed by atoms with Crippen molar-refractivity contribution in [3.63, 3.8) is 0 Å². The second kappa shape index (κ2) is 49.2. The number of aromatic nitrogens is 1. The minimum absolute atomic E-state index is 0.0869. The molecule has 6 atom stereocenters. The lowest BCUT2D eigenvalue weighted by Gasteiger charge is -2.42. The fraction of sp³-hybridized carbons (Fsp3) is 0.586. The van der Waals surface area contributed by atoms with Gasteiger partial charge in [0.25, 0.3) is 0 Å². The van der Waals surface area contributed by atoms with E-state index >= 15 is 0 Å². The molecule has 5 fully saturated rings. The molecule has 8 aliphatic rings. The highest BCUT2D eigenvalue weighted by atomic mass is 35.5. The molecule has 0 radical (unpaired) electrons. The zero-order valence-corrected chi connectivity index (χ0v) is 74.9. The molecule has 1 saturated carbocycles. The molecule has 0 unspecified atom stereocenters. The van der Waals surface area contributed by atoms with Gasteiger partial charge in [-0.25, -0.2) is 17.6 Å². The minimum atomic E-state index is -0.971. The smallest absolute Gasteiger partial charge is 0.240 e. The fourth-order valence-corrected chi connectivity index (χ4v) is 19.2. The summed E-state index contributed by atoms with van der Waals surface area (Å²) >= 11 is 19.0. The average Bonchev–Trinajstić information content (AvgIpc) is 1.41. The highest BCUT2D eigenvalue weighted by molar-refractivity contribution is 6.50. The monoisotopic (exact) mass is 1740 g/mol. The van der Waals surface area contributed by atoms with E-state index in [1.807, 2.05) is 61.2 Å². The molecule has 4 aromatic carbocycles. The van der Waals surface area contributed by atoms with E-state index in [-0.39, 0.29) is 91.0 Å². The Bertz CT molecular complexity index is 4380. The molecule has 664 valence electrons. The lowest BCUT2D eigenvalue weighted by atomic mass is 9.92. The SMILES string of the molecule is CC(C)N[C@H](CCCCN1CCCCC1)C(=O)N1CC[C@H]1C(=O)CCc1ccc2c(c1)C(Cl)=CC2.CC(C)N[C@H](CCCCN1CCCCC1)C(=O)N[C@@H](Cc1ccc(F)c(F)c1)C(=O)CCc1ccc2c(c1)C(Cl)=CC2.O=C(CCc1cnc2c(c1)C(Cl)=CC2)[C@H](Cc1ccc(F)c(F)c1)NC(=O)[C@@H](CCCCN1CCCCC1)NC1CCCCC1. The molecule has 0 bridgehead atoms. The van der Waals surface area contributed by atoms with E-state index in [1.54, 1.807) is 6.20 Å². The third-order valence-corrected chi connectivity index (χ3v) is 26.7. The molecule has 23 heteroatoms. The molecule has 1 aromatic heterocycles. The van der Waals surface area contributed by atoms with Crippen LogP contribution in [0, 0.1) is 23.3 Å². The number of carbonyl (C=O) groups is 6. The predicted molar refractivity (Wildman–Crippen MR) is 484 cm³/mol. The number of ketones is 3. The summed E-state index contributed by atoms with van der Waals surface area (Å²) in [6, 6.07) is 19.2. The van der Waals surface area contributed by atoms with Crippen molar-refractivity contribution >= 4 is 85.0 Å². The van der Waals surface area contributed by atoms with Gasteiger partial charge in [0.15, 0.2) is 40.6 Å². The Morgan fingerprint density at radius 3 is 1.32 bits per heavy atom. The zero-order valence-electron chi connectivity index (χ0n) is 72.7. The Labute approximate surface area is 738 Å². The van der Waals surface area contributed by atoms with Gasteiger partial charge in [0.2, 0.25) is 17.7 Å². The van der Waals surface area contributed by atoms with Crippen molar-refractivity contribution in [2.24, 2.45) is 0 Å². The van der Waals surface area contributed by atoms with Crippen LogP contribution in [0.2, 0.25) is 0 Å². The standard InChI is InChI=1S/C36H47ClF2N4O2.C34H44ClF2N3O2.C29H42ClN3O2/c37-29-14-16-32-28(29)21-26(24-40-32)13-17-35(44)34(23-25-12-15-30(38)31(39)22-25)42-36(45)33(41-27-9-3-1-4-10-27)11-5-8-20-43-18-6-2-7-19-43;1-23(2)38-31(8-4-7-19-40-17-5-3-6-18-40)34(42)39-32(22-25-10-15-29(36)30(37)21-25)33(41)16-11-24-9-12-26-13-14-28(35)27(26)20-24;1-21(2)31-26(8-4-7-18-32-16-5-3-6-17-32)29(35)33-19-15-27(33)28(34)14-10-22-9-11-23-12-13-25(30)24(23)20-22/h12,14-15,21-22,24,27,33-34,41H,1-11,13,16-20,23H2,(H,42,45);9-10,12,14-15,20-21,23,31-32,38H,3-8,11,13,16-19,22H2,1-2H3,(H,39,42);9,11,13,20-21,26-27,31H,3-8,10,12,14-19H2,1-2H3/t33-,34+;31-,32+;26-,27+/m111/s1. The molecule has 13 rings (SSSR count). The molecule has 3 amide bonds. The first-order valence-electron chi connectivity index (χ1n) is 46.1. The number of likely N-dealkylation sites (tertiary alicyclic amines) is 4. The second-order valence-electron chi connectivity index (χ2n) is 35.8. The number of nitrogens with zero attached hydrogens (tertiary/aromatic N) is 5. The van der Waals surface area contributed by atoms with Crippen molar-refractivity contribution in [3.8, 4) is 0 Å². The average molecular weight is 1740 g/mol. The van der Waals surface area contributed by atoms with E-state index in [0.717, 1.165) is 215 Å². The van der Waals surface area contributed by atoms with Gasteiger partial charge in [0.05, 0.1) is 41.9 Å². The summed E-state index contributed by atoms with van der Waals surface area (Å²) in [5.74, 6) is -4.28.